The number of esters is 1. The second-order valence-electron chi connectivity index (χ2n) is 10.7. The first-order chi connectivity index (χ1) is 19.1. The Morgan fingerprint density at radius 2 is 2.05 bits per heavy atom. The molecule has 6 rings (SSSR count). The van der Waals surface area contributed by atoms with E-state index in [1.54, 1.807) is 24.3 Å². The number of rotatable bonds is 6. The Morgan fingerprint density at radius 3 is 2.83 bits per heavy atom. The molecule has 4 aromatic rings. The van der Waals surface area contributed by atoms with Gasteiger partial charge in [-0.05, 0) is 69.8 Å². The van der Waals surface area contributed by atoms with Crippen LogP contribution in [-0.4, -0.2) is 62.8 Å². The van der Waals surface area contributed by atoms with Crippen LogP contribution in [0, 0.1) is 5.92 Å². The van der Waals surface area contributed by atoms with Crippen LogP contribution in [0.25, 0.3) is 11.0 Å². The van der Waals surface area contributed by atoms with Gasteiger partial charge < -0.3 is 19.1 Å². The monoisotopic (exact) mass is 581 g/mol. The normalized spacial score (nSPS) is 19.4. The summed E-state index contributed by atoms with van der Waals surface area (Å²) in [7, 11) is 0. The molecule has 0 radical (unpaired) electrons. The van der Waals surface area contributed by atoms with Crippen LogP contribution in [0.1, 0.15) is 55.4 Å². The summed E-state index contributed by atoms with van der Waals surface area (Å²) in [6.45, 7) is 8.20. The molecule has 2 atom stereocenters. The van der Waals surface area contributed by atoms with E-state index in [1.165, 1.54) is 11.8 Å². The van der Waals surface area contributed by atoms with Crippen LogP contribution >= 0.6 is 23.4 Å². The highest BCUT2D eigenvalue weighted by atomic mass is 35.5. The summed E-state index contributed by atoms with van der Waals surface area (Å²) in [5.41, 5.74) is 3.17. The number of nitrogens with one attached hydrogen (secondary N) is 2. The number of Topliss-reactive ketones (excluding diaryl/α,β-unsaturated/α-hetero) is 1. The molecule has 10 nitrogen and oxygen atoms in total. The number of halogens is 1. The van der Waals surface area contributed by atoms with Gasteiger partial charge in [0.15, 0.2) is 21.7 Å². The molecule has 5 heterocycles. The van der Waals surface area contributed by atoms with Crippen LogP contribution in [0.5, 0.6) is 0 Å². The summed E-state index contributed by atoms with van der Waals surface area (Å²) < 4.78 is 11.6. The van der Waals surface area contributed by atoms with Crippen molar-refractivity contribution in [2.24, 2.45) is 10.9 Å². The molecule has 0 spiro atoms. The molecule has 12 heteroatoms. The van der Waals surface area contributed by atoms with E-state index in [-0.39, 0.29) is 24.6 Å². The molecular formula is C28H28ClN5O5S. The fourth-order valence-electron chi connectivity index (χ4n) is 5.17. The predicted octanol–water partition coefficient (Wildman–Crippen LogP) is 5.91. The highest BCUT2D eigenvalue weighted by Crippen LogP contribution is 2.47. The maximum absolute atomic E-state index is 13.6. The number of imidazole rings is 1. The molecule has 0 saturated carbocycles. The Kier molecular flexibility index (Phi) is 6.86. The lowest BCUT2D eigenvalue weighted by Gasteiger charge is -2.39. The van der Waals surface area contributed by atoms with E-state index in [0.717, 1.165) is 11.0 Å². The van der Waals surface area contributed by atoms with Crippen molar-refractivity contribution < 1.29 is 23.6 Å². The number of aliphatic imine (C=N–C) groups is 1. The third-order valence-corrected chi connectivity index (χ3v) is 7.64. The number of furan rings is 1. The van der Waals surface area contributed by atoms with E-state index in [0.29, 0.717) is 44.5 Å². The lowest BCUT2D eigenvalue weighted by atomic mass is 9.75. The minimum atomic E-state index is -0.560. The molecule has 2 aliphatic heterocycles. The molecule has 1 aromatic carbocycles. The second kappa shape index (κ2) is 10.2. The molecule has 1 fully saturated rings. The van der Waals surface area contributed by atoms with Crippen molar-refractivity contribution in [1.29, 1.82) is 0 Å². The van der Waals surface area contributed by atoms with Gasteiger partial charge in [0.2, 0.25) is 0 Å². The van der Waals surface area contributed by atoms with Gasteiger partial charge in [-0.1, -0.05) is 11.6 Å². The average molecular weight is 582 g/mol. The highest BCUT2D eigenvalue weighted by Gasteiger charge is 2.46. The first-order valence-corrected chi connectivity index (χ1v) is 14.1. The van der Waals surface area contributed by atoms with E-state index >= 15 is 0 Å². The van der Waals surface area contributed by atoms with Gasteiger partial charge in [0.1, 0.15) is 5.76 Å². The third kappa shape index (κ3) is 5.10. The molecule has 2 unspecified atom stereocenters. The summed E-state index contributed by atoms with van der Waals surface area (Å²) in [6.07, 6.45) is 1.72. The van der Waals surface area contributed by atoms with Gasteiger partial charge >= 0.3 is 5.97 Å². The summed E-state index contributed by atoms with van der Waals surface area (Å²) in [5, 5.41) is 3.51. The van der Waals surface area contributed by atoms with Crippen molar-refractivity contribution in [3.8, 4) is 0 Å². The Bertz CT molecular complexity index is 1650. The molecule has 3 aromatic heterocycles. The van der Waals surface area contributed by atoms with Gasteiger partial charge in [0.25, 0.3) is 0 Å². The Labute approximate surface area is 239 Å². The van der Waals surface area contributed by atoms with E-state index in [2.05, 4.69) is 15.0 Å². The summed E-state index contributed by atoms with van der Waals surface area (Å²) in [5.74, 6) is -0.988. The maximum atomic E-state index is 13.6. The van der Waals surface area contributed by atoms with Crippen molar-refractivity contribution >= 4 is 57.5 Å². The average Bonchev–Trinajstić information content (AvgIpc) is 3.60. The minimum absolute atomic E-state index is 0.0384. The van der Waals surface area contributed by atoms with Crippen molar-refractivity contribution in [3.63, 3.8) is 0 Å². The van der Waals surface area contributed by atoms with Crippen LogP contribution in [0.2, 0.25) is 5.02 Å². The minimum Gasteiger partial charge on any atom is -0.461 e. The first kappa shape index (κ1) is 26.8. The topological polar surface area (TPSA) is 126 Å². The van der Waals surface area contributed by atoms with Crippen LogP contribution in [-0.2, 0) is 14.4 Å². The number of aromatic amines is 2. The smallest absolute Gasteiger partial charge is 0.357 e. The largest absolute Gasteiger partial charge is 0.461 e. The number of ketones is 1. The number of hydrogen-bond acceptors (Lipinski definition) is 9. The Balaban J connectivity index is 1.36. The third-order valence-electron chi connectivity index (χ3n) is 6.59. The zero-order valence-electron chi connectivity index (χ0n) is 22.4. The highest BCUT2D eigenvalue weighted by molar-refractivity contribution is 7.99. The quantitative estimate of drug-likeness (QED) is 0.269. The van der Waals surface area contributed by atoms with Crippen LogP contribution in [0.4, 0.5) is 5.69 Å². The molecule has 0 amide bonds. The number of ether oxygens (including phenoxy) is 1. The van der Waals surface area contributed by atoms with Gasteiger partial charge in [-0.3, -0.25) is 14.6 Å². The first-order valence-electron chi connectivity index (χ1n) is 12.9. The molecular weight excluding hydrogens is 554 g/mol. The van der Waals surface area contributed by atoms with E-state index in [9.17, 15) is 9.59 Å². The standard InChI is InChI=1S/C28H28ClN5O5S/c1-5-37-26(36)25-24-15(11-30-25)22(23-18(31-24)12-34(13-19(23)35)39-28(2,3)4)20-8-9-21(38-20)40-27-32-16-7-6-14(29)10-17(16)33-27/h6-11,22-23,30H,5,12-13H2,1-4H3,(H,32,33). The molecule has 2 aliphatic rings. The van der Waals surface area contributed by atoms with Gasteiger partial charge in [-0.2, -0.15) is 5.06 Å². The predicted molar refractivity (Wildman–Crippen MR) is 151 cm³/mol. The summed E-state index contributed by atoms with van der Waals surface area (Å²) in [4.78, 5) is 48.0. The van der Waals surface area contributed by atoms with Crippen molar-refractivity contribution in [2.45, 2.75) is 49.5 Å². The fraction of sp³-hybridized carbons (Fsp3) is 0.357. The number of hydroxylamine groups is 2. The second-order valence-corrected chi connectivity index (χ2v) is 12.1. The fourth-order valence-corrected chi connectivity index (χ4v) is 6.12. The zero-order valence-corrected chi connectivity index (χ0v) is 24.0. The maximum Gasteiger partial charge on any atom is 0.357 e. The zero-order chi connectivity index (χ0) is 28.2. The van der Waals surface area contributed by atoms with Crippen LogP contribution in [0.15, 0.2) is 56.2 Å². The number of carbonyl (C=O) groups excluding carboxylic acids is 2. The SMILES string of the molecule is CCOC(=O)c1[nH]cc2c1N=C1CN(OC(C)(C)C)CC(=O)C1C2c1ccc(Sc2nc3ccc(Cl)cc3[nH]2)o1. The van der Waals surface area contributed by atoms with Gasteiger partial charge in [0, 0.05) is 22.5 Å². The summed E-state index contributed by atoms with van der Waals surface area (Å²) >= 11 is 7.45. The van der Waals surface area contributed by atoms with Crippen LogP contribution < -0.4 is 0 Å². The molecule has 208 valence electrons. The van der Waals surface area contributed by atoms with E-state index in [1.807, 2.05) is 45.0 Å². The number of H-pyrrole nitrogens is 2. The number of aromatic nitrogens is 3. The molecule has 0 aliphatic carbocycles. The van der Waals surface area contributed by atoms with Gasteiger partial charge in [-0.25, -0.2) is 9.78 Å². The number of carbonyl (C=O) groups is 2. The molecule has 0 bridgehead atoms. The van der Waals surface area contributed by atoms with Crippen LogP contribution in [0.3, 0.4) is 0 Å². The number of nitrogens with zero attached hydrogens (tertiary/aromatic N) is 3. The van der Waals surface area contributed by atoms with Crippen molar-refractivity contribution in [1.82, 2.24) is 20.0 Å². The lowest BCUT2D eigenvalue weighted by Crippen LogP contribution is -2.52. The Hall–Kier alpha value is -3.38. The molecule has 40 heavy (non-hydrogen) atoms. The van der Waals surface area contributed by atoms with Gasteiger partial charge in [-0.15, -0.1) is 0 Å². The van der Waals surface area contributed by atoms with Crippen molar-refractivity contribution in [3.05, 3.63) is 58.6 Å². The summed E-state index contributed by atoms with van der Waals surface area (Å²) in [6, 6.07) is 9.18. The molecule has 2 N–H and O–H groups in total. The number of benzene rings is 1. The van der Waals surface area contributed by atoms with E-state index in [4.69, 9.17) is 30.6 Å². The molecule has 1 saturated heterocycles. The van der Waals surface area contributed by atoms with Crippen molar-refractivity contribution in [2.75, 3.05) is 19.7 Å². The lowest BCUT2D eigenvalue weighted by molar-refractivity contribution is -0.222. The number of piperidine rings is 1. The number of hydrogen-bond donors (Lipinski definition) is 2. The number of fused-ring (bicyclic) bond motifs is 3. The van der Waals surface area contributed by atoms with Gasteiger partial charge in [0.05, 0.1) is 53.9 Å². The Morgan fingerprint density at radius 1 is 1.23 bits per heavy atom. The van der Waals surface area contributed by atoms with E-state index < -0.39 is 23.4 Å².